The van der Waals surface area contributed by atoms with E-state index in [0.717, 1.165) is 0 Å². The van der Waals surface area contributed by atoms with Crippen molar-refractivity contribution in [2.75, 3.05) is 4.72 Å². The molecule has 0 bridgehead atoms. The van der Waals surface area contributed by atoms with E-state index >= 15 is 0 Å². The van der Waals surface area contributed by atoms with Gasteiger partial charge in [-0.2, -0.15) is 5.26 Å². The van der Waals surface area contributed by atoms with E-state index < -0.39 is 14.9 Å². The van der Waals surface area contributed by atoms with Crippen LogP contribution in [-0.2, 0) is 10.0 Å². The lowest BCUT2D eigenvalue weighted by atomic mass is 10.2. The van der Waals surface area contributed by atoms with Crippen molar-refractivity contribution in [2.24, 2.45) is 0 Å². The maximum absolute atomic E-state index is 12.7. The van der Waals surface area contributed by atoms with Gasteiger partial charge in [0, 0.05) is 5.02 Å². The maximum atomic E-state index is 12.7. The summed E-state index contributed by atoms with van der Waals surface area (Å²) in [5.74, 6) is 0.882. The van der Waals surface area contributed by atoms with E-state index in [9.17, 15) is 13.7 Å². The minimum atomic E-state index is -4.11. The van der Waals surface area contributed by atoms with Crippen molar-refractivity contribution in [2.45, 2.75) is 0 Å². The molecule has 0 aliphatic heterocycles. The van der Waals surface area contributed by atoms with Gasteiger partial charge in [0.15, 0.2) is 10.7 Å². The molecule has 28 heavy (non-hydrogen) atoms. The molecule has 0 fully saturated rings. The van der Waals surface area contributed by atoms with Crippen LogP contribution >= 0.6 is 11.6 Å². The second-order valence-electron chi connectivity index (χ2n) is 5.69. The van der Waals surface area contributed by atoms with E-state index in [2.05, 4.69) is 4.72 Å². The molecule has 140 valence electrons. The Bertz CT molecular complexity index is 1140. The van der Waals surface area contributed by atoms with Crippen molar-refractivity contribution in [3.05, 3.63) is 94.4 Å². The van der Waals surface area contributed by atoms with Gasteiger partial charge in [-0.25, -0.2) is 8.42 Å². The fourth-order valence-electron chi connectivity index (χ4n) is 2.34. The van der Waals surface area contributed by atoms with Crippen LogP contribution in [0.3, 0.4) is 0 Å². The number of para-hydroxylation sites is 3. The van der Waals surface area contributed by atoms with Crippen molar-refractivity contribution in [1.29, 1.82) is 5.26 Å². The Morgan fingerprint density at radius 1 is 0.964 bits per heavy atom. The number of halogens is 1. The zero-order valence-electron chi connectivity index (χ0n) is 14.5. The van der Waals surface area contributed by atoms with E-state index in [-0.39, 0.29) is 5.69 Å². The van der Waals surface area contributed by atoms with Crippen LogP contribution in [0, 0.1) is 11.3 Å². The number of rotatable bonds is 6. The molecule has 0 radical (unpaired) electrons. The highest BCUT2D eigenvalue weighted by atomic mass is 35.5. The van der Waals surface area contributed by atoms with Gasteiger partial charge in [0.25, 0.3) is 10.0 Å². The molecule has 0 aliphatic carbocycles. The number of hydrogen-bond acceptors (Lipinski definition) is 4. The standard InChI is InChI=1S/C21H15ClN2O3S/c22-17-12-10-16(11-13-17)14-19(15-23)28(25,26)24-20-8-4-5-9-21(20)27-18-6-2-1-3-7-18/h1-14,24H/b19-14+. The predicted octanol–water partition coefficient (Wildman–Crippen LogP) is 5.44. The number of nitriles is 1. The fraction of sp³-hybridized carbons (Fsp3) is 0. The van der Waals surface area contributed by atoms with Crippen molar-refractivity contribution >= 4 is 33.4 Å². The van der Waals surface area contributed by atoms with Crippen molar-refractivity contribution in [3.63, 3.8) is 0 Å². The Hall–Kier alpha value is -3.27. The number of nitrogens with one attached hydrogen (secondary N) is 1. The smallest absolute Gasteiger partial charge is 0.272 e. The Kier molecular flexibility index (Phi) is 5.99. The van der Waals surface area contributed by atoms with E-state index in [0.29, 0.717) is 22.1 Å². The highest BCUT2D eigenvalue weighted by Gasteiger charge is 2.20. The first-order valence-corrected chi connectivity index (χ1v) is 10.1. The molecule has 1 N–H and O–H groups in total. The summed E-state index contributed by atoms with van der Waals surface area (Å²) in [5, 5.41) is 9.88. The van der Waals surface area contributed by atoms with Gasteiger partial charge in [0.1, 0.15) is 11.8 Å². The molecule has 0 saturated heterocycles. The van der Waals surface area contributed by atoms with Crippen LogP contribution in [0.25, 0.3) is 6.08 Å². The van der Waals surface area contributed by atoms with Gasteiger partial charge >= 0.3 is 0 Å². The number of hydrogen-bond donors (Lipinski definition) is 1. The van der Waals surface area contributed by atoms with Crippen LogP contribution in [0.2, 0.25) is 5.02 Å². The molecule has 3 aromatic carbocycles. The minimum Gasteiger partial charge on any atom is -0.455 e. The zero-order valence-corrected chi connectivity index (χ0v) is 16.1. The van der Waals surface area contributed by atoms with Crippen LogP contribution in [0.4, 0.5) is 5.69 Å². The summed E-state index contributed by atoms with van der Waals surface area (Å²) in [4.78, 5) is -0.427. The topological polar surface area (TPSA) is 79.2 Å². The molecule has 0 amide bonds. The Labute approximate surface area is 168 Å². The molecule has 0 saturated carbocycles. The minimum absolute atomic E-state index is 0.226. The van der Waals surface area contributed by atoms with Crippen LogP contribution in [0.1, 0.15) is 5.56 Å². The molecule has 3 aromatic rings. The third-order valence-electron chi connectivity index (χ3n) is 3.67. The van der Waals surface area contributed by atoms with Gasteiger partial charge in [0.2, 0.25) is 0 Å². The summed E-state index contributed by atoms with van der Waals surface area (Å²) in [5.41, 5.74) is 0.767. The molecular formula is C21H15ClN2O3S. The van der Waals surface area contributed by atoms with E-state index in [1.54, 1.807) is 66.7 Å². The average molecular weight is 411 g/mol. The van der Waals surface area contributed by atoms with Crippen LogP contribution in [-0.4, -0.2) is 8.42 Å². The fourth-order valence-corrected chi connectivity index (χ4v) is 3.44. The van der Waals surface area contributed by atoms with Crippen molar-refractivity contribution in [3.8, 4) is 17.6 Å². The quantitative estimate of drug-likeness (QED) is 0.549. The first-order valence-electron chi connectivity index (χ1n) is 8.20. The molecule has 0 aromatic heterocycles. The van der Waals surface area contributed by atoms with Gasteiger partial charge < -0.3 is 4.74 Å². The van der Waals surface area contributed by atoms with Gasteiger partial charge in [0.05, 0.1) is 5.69 Å². The highest BCUT2D eigenvalue weighted by molar-refractivity contribution is 7.97. The number of nitrogens with zero attached hydrogens (tertiary/aromatic N) is 1. The highest BCUT2D eigenvalue weighted by Crippen LogP contribution is 2.30. The molecule has 0 heterocycles. The molecule has 3 rings (SSSR count). The summed E-state index contributed by atoms with van der Waals surface area (Å²) in [6.07, 6.45) is 1.28. The Morgan fingerprint density at radius 3 is 2.29 bits per heavy atom. The van der Waals surface area contributed by atoms with Gasteiger partial charge in [-0.05, 0) is 48.0 Å². The SMILES string of the molecule is N#C/C(=C\c1ccc(Cl)cc1)S(=O)(=O)Nc1ccccc1Oc1ccccc1. The summed E-state index contributed by atoms with van der Waals surface area (Å²) in [6.45, 7) is 0. The number of allylic oxidation sites excluding steroid dienone is 1. The molecule has 0 unspecified atom stereocenters. The third-order valence-corrected chi connectivity index (χ3v) is 5.20. The largest absolute Gasteiger partial charge is 0.455 e. The van der Waals surface area contributed by atoms with Crippen LogP contribution in [0.5, 0.6) is 11.5 Å². The molecule has 0 spiro atoms. The molecule has 5 nitrogen and oxygen atoms in total. The molecule has 7 heteroatoms. The van der Waals surface area contributed by atoms with E-state index in [1.807, 2.05) is 18.2 Å². The number of benzene rings is 3. The number of anilines is 1. The second kappa shape index (κ2) is 8.61. The Balaban J connectivity index is 1.89. The first kappa shape index (κ1) is 19.5. The molecule has 0 atom stereocenters. The van der Waals surface area contributed by atoms with Crippen LogP contribution < -0.4 is 9.46 Å². The Morgan fingerprint density at radius 2 is 1.61 bits per heavy atom. The second-order valence-corrected chi connectivity index (χ2v) is 7.78. The van der Waals surface area contributed by atoms with Gasteiger partial charge in [-0.1, -0.05) is 54.1 Å². The summed E-state index contributed by atoms with van der Waals surface area (Å²) in [6, 6.07) is 23.8. The molecular weight excluding hydrogens is 396 g/mol. The maximum Gasteiger partial charge on any atom is 0.272 e. The normalized spacial score (nSPS) is 11.5. The first-order chi connectivity index (χ1) is 13.5. The van der Waals surface area contributed by atoms with Crippen molar-refractivity contribution < 1.29 is 13.2 Å². The zero-order chi connectivity index (χ0) is 20.0. The van der Waals surface area contributed by atoms with E-state index in [1.165, 1.54) is 6.08 Å². The van der Waals surface area contributed by atoms with Crippen LogP contribution in [0.15, 0.2) is 83.8 Å². The summed E-state index contributed by atoms with van der Waals surface area (Å²) >= 11 is 5.83. The average Bonchev–Trinajstić information content (AvgIpc) is 2.69. The number of ether oxygens (including phenoxy) is 1. The lowest BCUT2D eigenvalue weighted by Crippen LogP contribution is -2.14. The lowest BCUT2D eigenvalue weighted by Gasteiger charge is -2.13. The molecule has 0 aliphatic rings. The van der Waals surface area contributed by atoms with Crippen molar-refractivity contribution in [1.82, 2.24) is 0 Å². The lowest BCUT2D eigenvalue weighted by molar-refractivity contribution is 0.485. The summed E-state index contributed by atoms with van der Waals surface area (Å²) in [7, 11) is -4.11. The summed E-state index contributed by atoms with van der Waals surface area (Å²) < 4.78 is 33.6. The van der Waals surface area contributed by atoms with Gasteiger partial charge in [-0.15, -0.1) is 0 Å². The predicted molar refractivity (Wildman–Crippen MR) is 111 cm³/mol. The van der Waals surface area contributed by atoms with E-state index in [4.69, 9.17) is 16.3 Å². The van der Waals surface area contributed by atoms with Gasteiger partial charge in [-0.3, -0.25) is 4.72 Å². The number of sulfonamides is 1. The monoisotopic (exact) mass is 410 g/mol. The third kappa shape index (κ3) is 4.92.